The molecule has 0 aliphatic heterocycles. The molecule has 0 aliphatic carbocycles. The summed E-state index contributed by atoms with van der Waals surface area (Å²) in [5.74, 6) is 0. The first-order valence-corrected chi connectivity index (χ1v) is 6.94. The third-order valence-corrected chi connectivity index (χ3v) is 3.75. The molecule has 20 heavy (non-hydrogen) atoms. The smallest absolute Gasteiger partial charge is 0.137 e. The van der Waals surface area contributed by atoms with Gasteiger partial charge in [0.05, 0.1) is 10.7 Å². The van der Waals surface area contributed by atoms with E-state index in [0.29, 0.717) is 5.02 Å². The molecule has 0 amide bonds. The van der Waals surface area contributed by atoms with Crippen molar-refractivity contribution in [2.45, 2.75) is 19.9 Å². The van der Waals surface area contributed by atoms with E-state index >= 15 is 0 Å². The summed E-state index contributed by atoms with van der Waals surface area (Å²) < 4.78 is 2.01. The van der Waals surface area contributed by atoms with Crippen molar-refractivity contribution in [2.24, 2.45) is 5.73 Å². The summed E-state index contributed by atoms with van der Waals surface area (Å²) in [6.07, 6.45) is 1.89. The largest absolute Gasteiger partial charge is 0.324 e. The number of rotatable bonds is 2. The molecule has 2 N–H and O–H groups in total. The van der Waals surface area contributed by atoms with Gasteiger partial charge < -0.3 is 10.1 Å². The molecule has 0 spiro atoms. The van der Waals surface area contributed by atoms with Crippen LogP contribution in [0, 0.1) is 6.92 Å². The monoisotopic (exact) mass is 285 g/mol. The normalized spacial score (nSPS) is 12.8. The highest BCUT2D eigenvalue weighted by molar-refractivity contribution is 6.30. The van der Waals surface area contributed by atoms with Gasteiger partial charge in [-0.15, -0.1) is 0 Å². The zero-order valence-corrected chi connectivity index (χ0v) is 12.2. The van der Waals surface area contributed by atoms with E-state index in [1.165, 1.54) is 0 Å². The molecule has 1 atom stereocenters. The van der Waals surface area contributed by atoms with Gasteiger partial charge in [-0.1, -0.05) is 35.9 Å². The summed E-state index contributed by atoms with van der Waals surface area (Å²) in [6.45, 7) is 4.03. The Hall–Kier alpha value is -1.84. The number of fused-ring (bicyclic) bond motifs is 1. The van der Waals surface area contributed by atoms with E-state index < -0.39 is 0 Å². The molecule has 0 bridgehead atoms. The van der Waals surface area contributed by atoms with Crippen LogP contribution < -0.4 is 5.73 Å². The molecule has 0 saturated heterocycles. The van der Waals surface area contributed by atoms with Gasteiger partial charge in [0, 0.05) is 23.5 Å². The molecule has 2 heterocycles. The van der Waals surface area contributed by atoms with E-state index in [1.54, 1.807) is 0 Å². The van der Waals surface area contributed by atoms with E-state index in [-0.39, 0.29) is 6.04 Å². The van der Waals surface area contributed by atoms with Crippen molar-refractivity contribution in [3.63, 3.8) is 0 Å². The molecule has 1 aromatic carbocycles. The second-order valence-corrected chi connectivity index (χ2v) is 5.47. The SMILES string of the molecule is Cc1c(-c2ccc(C(C)N)cc2)nc2ccc(Cl)cn12. The molecule has 0 aliphatic rings. The second kappa shape index (κ2) is 4.93. The van der Waals surface area contributed by atoms with Crippen molar-refractivity contribution in [3.05, 3.63) is 58.9 Å². The quantitative estimate of drug-likeness (QED) is 0.774. The van der Waals surface area contributed by atoms with Gasteiger partial charge >= 0.3 is 0 Å². The minimum absolute atomic E-state index is 0.0463. The summed E-state index contributed by atoms with van der Waals surface area (Å²) in [6, 6.07) is 12.1. The van der Waals surface area contributed by atoms with Crippen LogP contribution in [0.5, 0.6) is 0 Å². The van der Waals surface area contributed by atoms with Crippen molar-refractivity contribution >= 4 is 17.2 Å². The number of hydrogen-bond acceptors (Lipinski definition) is 2. The fraction of sp³-hybridized carbons (Fsp3) is 0.188. The first kappa shape index (κ1) is 13.2. The molecule has 2 aromatic heterocycles. The third kappa shape index (κ3) is 2.19. The standard InChI is InChI=1S/C16H16ClN3/c1-10(18)12-3-5-13(6-4-12)16-11(2)20-9-14(17)7-8-15(20)19-16/h3-10H,18H2,1-2H3. The predicted octanol–water partition coefficient (Wildman–Crippen LogP) is 3.98. The highest BCUT2D eigenvalue weighted by Gasteiger charge is 2.11. The van der Waals surface area contributed by atoms with Crippen molar-refractivity contribution in [1.29, 1.82) is 0 Å². The van der Waals surface area contributed by atoms with Crippen molar-refractivity contribution in [1.82, 2.24) is 9.38 Å². The highest BCUT2D eigenvalue weighted by Crippen LogP contribution is 2.26. The number of benzene rings is 1. The Balaban J connectivity index is 2.12. The molecule has 3 nitrogen and oxygen atoms in total. The van der Waals surface area contributed by atoms with Gasteiger partial charge in [-0.3, -0.25) is 0 Å². The lowest BCUT2D eigenvalue weighted by Crippen LogP contribution is -2.04. The minimum Gasteiger partial charge on any atom is -0.324 e. The van der Waals surface area contributed by atoms with Gasteiger partial charge in [0.2, 0.25) is 0 Å². The number of nitrogens with two attached hydrogens (primary N) is 1. The van der Waals surface area contributed by atoms with E-state index in [4.69, 9.17) is 17.3 Å². The Labute approximate surface area is 123 Å². The van der Waals surface area contributed by atoms with Crippen LogP contribution in [-0.2, 0) is 0 Å². The minimum atomic E-state index is 0.0463. The Morgan fingerprint density at radius 2 is 1.85 bits per heavy atom. The van der Waals surface area contributed by atoms with Gasteiger partial charge in [0.1, 0.15) is 5.65 Å². The van der Waals surface area contributed by atoms with Gasteiger partial charge in [0.15, 0.2) is 0 Å². The van der Waals surface area contributed by atoms with E-state index in [1.807, 2.05) is 36.6 Å². The molecule has 0 saturated carbocycles. The first-order valence-electron chi connectivity index (χ1n) is 6.56. The number of nitrogens with zero attached hydrogens (tertiary/aromatic N) is 2. The number of pyridine rings is 1. The maximum Gasteiger partial charge on any atom is 0.137 e. The average Bonchev–Trinajstić information content (AvgIpc) is 2.76. The molecule has 0 fully saturated rings. The van der Waals surface area contributed by atoms with Gasteiger partial charge in [-0.2, -0.15) is 0 Å². The molecule has 0 radical (unpaired) electrons. The molecule has 102 valence electrons. The Morgan fingerprint density at radius 3 is 2.50 bits per heavy atom. The number of hydrogen-bond donors (Lipinski definition) is 1. The summed E-state index contributed by atoms with van der Waals surface area (Å²) in [4.78, 5) is 4.67. The van der Waals surface area contributed by atoms with Crippen LogP contribution in [0.4, 0.5) is 0 Å². The summed E-state index contributed by atoms with van der Waals surface area (Å²) in [5.41, 5.74) is 11.0. The maximum atomic E-state index is 6.04. The number of aryl methyl sites for hydroxylation is 1. The molecular formula is C16H16ClN3. The van der Waals surface area contributed by atoms with E-state index in [2.05, 4.69) is 29.2 Å². The van der Waals surface area contributed by atoms with Crippen LogP contribution in [0.1, 0.15) is 24.2 Å². The summed E-state index contributed by atoms with van der Waals surface area (Å²) in [5, 5.41) is 0.705. The van der Waals surface area contributed by atoms with Crippen LogP contribution >= 0.6 is 11.6 Å². The Bertz CT molecular complexity index is 757. The third-order valence-electron chi connectivity index (χ3n) is 3.53. The Kier molecular flexibility index (Phi) is 3.24. The van der Waals surface area contributed by atoms with Crippen LogP contribution in [0.15, 0.2) is 42.6 Å². The first-order chi connectivity index (χ1) is 9.56. The van der Waals surface area contributed by atoms with Gasteiger partial charge in [-0.25, -0.2) is 4.98 Å². The lowest BCUT2D eigenvalue weighted by Gasteiger charge is -2.06. The van der Waals surface area contributed by atoms with E-state index in [0.717, 1.165) is 28.2 Å². The fourth-order valence-corrected chi connectivity index (χ4v) is 2.51. The van der Waals surface area contributed by atoms with E-state index in [9.17, 15) is 0 Å². The molecule has 3 rings (SSSR count). The molecule has 3 aromatic rings. The van der Waals surface area contributed by atoms with Crippen molar-refractivity contribution < 1.29 is 0 Å². The van der Waals surface area contributed by atoms with Crippen molar-refractivity contribution in [3.8, 4) is 11.3 Å². The van der Waals surface area contributed by atoms with Crippen LogP contribution in [0.3, 0.4) is 0 Å². The van der Waals surface area contributed by atoms with Crippen LogP contribution in [0.25, 0.3) is 16.9 Å². The molecule has 4 heteroatoms. The number of imidazole rings is 1. The fourth-order valence-electron chi connectivity index (χ4n) is 2.35. The number of aromatic nitrogens is 2. The summed E-state index contributed by atoms with van der Waals surface area (Å²) >= 11 is 6.04. The molecular weight excluding hydrogens is 270 g/mol. The summed E-state index contributed by atoms with van der Waals surface area (Å²) in [7, 11) is 0. The average molecular weight is 286 g/mol. The number of halogens is 1. The van der Waals surface area contributed by atoms with Crippen molar-refractivity contribution in [2.75, 3.05) is 0 Å². The predicted molar refractivity (Wildman–Crippen MR) is 83.0 cm³/mol. The topological polar surface area (TPSA) is 43.3 Å². The lowest BCUT2D eigenvalue weighted by atomic mass is 10.0. The van der Waals surface area contributed by atoms with Crippen LogP contribution in [0.2, 0.25) is 5.02 Å². The highest BCUT2D eigenvalue weighted by atomic mass is 35.5. The molecule has 1 unspecified atom stereocenters. The second-order valence-electron chi connectivity index (χ2n) is 5.03. The van der Waals surface area contributed by atoms with Crippen LogP contribution in [-0.4, -0.2) is 9.38 Å². The maximum absolute atomic E-state index is 6.04. The zero-order valence-electron chi connectivity index (χ0n) is 11.5. The zero-order chi connectivity index (χ0) is 14.3. The van der Waals surface area contributed by atoms with Gasteiger partial charge in [-0.05, 0) is 31.5 Å². The van der Waals surface area contributed by atoms with Gasteiger partial charge in [0.25, 0.3) is 0 Å². The lowest BCUT2D eigenvalue weighted by molar-refractivity contribution is 0.818. The Morgan fingerprint density at radius 1 is 1.15 bits per heavy atom.